The average molecular weight is 388 g/mol. The lowest BCUT2D eigenvalue weighted by atomic mass is 9.85. The molecule has 2 amide bonds. The van der Waals surface area contributed by atoms with Crippen LogP contribution in [0.5, 0.6) is 11.5 Å². The molecule has 28 heavy (non-hydrogen) atoms. The molecule has 3 fully saturated rings. The van der Waals surface area contributed by atoms with Crippen LogP contribution in [0.15, 0.2) is 18.2 Å². The second-order valence-corrected chi connectivity index (χ2v) is 8.28. The predicted molar refractivity (Wildman–Crippen MR) is 103 cm³/mol. The van der Waals surface area contributed by atoms with Crippen LogP contribution >= 0.6 is 0 Å². The zero-order valence-electron chi connectivity index (χ0n) is 16.5. The van der Waals surface area contributed by atoms with Crippen molar-refractivity contribution in [3.8, 4) is 11.5 Å². The number of hydrogen-bond acceptors (Lipinski definition) is 5. The molecule has 2 aliphatic heterocycles. The van der Waals surface area contributed by atoms with Crippen molar-refractivity contribution in [3.63, 3.8) is 0 Å². The number of nitrogens with zero attached hydrogens (tertiary/aromatic N) is 1. The predicted octanol–water partition coefficient (Wildman–Crippen LogP) is 1.85. The lowest BCUT2D eigenvalue weighted by molar-refractivity contribution is -0.122. The Labute approximate surface area is 165 Å². The van der Waals surface area contributed by atoms with Crippen LogP contribution in [0.3, 0.4) is 0 Å². The number of benzene rings is 1. The van der Waals surface area contributed by atoms with Gasteiger partial charge in [0.2, 0.25) is 5.91 Å². The van der Waals surface area contributed by atoms with E-state index in [0.717, 1.165) is 13.0 Å². The third-order valence-corrected chi connectivity index (χ3v) is 5.89. The maximum atomic E-state index is 12.8. The lowest BCUT2D eigenvalue weighted by Crippen LogP contribution is -2.63. The molecular weight excluding hydrogens is 360 g/mol. The second-order valence-electron chi connectivity index (χ2n) is 8.28. The topological polar surface area (TPSA) is 77.1 Å². The van der Waals surface area contributed by atoms with Crippen molar-refractivity contribution in [1.29, 1.82) is 0 Å². The molecule has 4 rings (SSSR count). The zero-order valence-corrected chi connectivity index (χ0v) is 16.5. The van der Waals surface area contributed by atoms with E-state index in [2.05, 4.69) is 5.32 Å². The van der Waals surface area contributed by atoms with E-state index in [0.29, 0.717) is 49.1 Å². The molecule has 2 heterocycles. The van der Waals surface area contributed by atoms with Gasteiger partial charge in [-0.15, -0.1) is 0 Å². The number of carbonyl (C=O) groups excluding carboxylic acids is 2. The Morgan fingerprint density at radius 2 is 1.82 bits per heavy atom. The van der Waals surface area contributed by atoms with Crippen LogP contribution in [-0.4, -0.2) is 62.8 Å². The first-order valence-electron chi connectivity index (χ1n) is 9.93. The van der Waals surface area contributed by atoms with Crippen molar-refractivity contribution in [2.45, 2.75) is 31.3 Å². The molecule has 2 saturated heterocycles. The smallest absolute Gasteiger partial charge is 0.254 e. The highest BCUT2D eigenvalue weighted by Gasteiger charge is 2.51. The van der Waals surface area contributed by atoms with Gasteiger partial charge >= 0.3 is 0 Å². The molecular formula is C21H28N2O5. The largest absolute Gasteiger partial charge is 0.497 e. The van der Waals surface area contributed by atoms with Crippen molar-refractivity contribution in [2.75, 3.05) is 40.5 Å². The van der Waals surface area contributed by atoms with Gasteiger partial charge in [0.25, 0.3) is 5.91 Å². The van der Waals surface area contributed by atoms with E-state index in [1.807, 2.05) is 0 Å². The van der Waals surface area contributed by atoms with Crippen LogP contribution < -0.4 is 14.8 Å². The quantitative estimate of drug-likeness (QED) is 0.771. The SMILES string of the molecule is COc1cc(OC)cc(C(=O)N2CC3(CC(CC(=O)NCC4CC4)CO3)C2)c1. The van der Waals surface area contributed by atoms with Crippen molar-refractivity contribution in [2.24, 2.45) is 11.8 Å². The van der Waals surface area contributed by atoms with Gasteiger partial charge in [-0.1, -0.05) is 0 Å². The van der Waals surface area contributed by atoms with Gasteiger partial charge in [-0.05, 0) is 43.2 Å². The summed E-state index contributed by atoms with van der Waals surface area (Å²) >= 11 is 0. The van der Waals surface area contributed by atoms with E-state index in [1.54, 1.807) is 37.3 Å². The summed E-state index contributed by atoms with van der Waals surface area (Å²) in [5, 5.41) is 3.02. The molecule has 1 aromatic rings. The molecule has 0 bridgehead atoms. The van der Waals surface area contributed by atoms with Gasteiger partial charge in [-0.25, -0.2) is 0 Å². The summed E-state index contributed by atoms with van der Waals surface area (Å²) in [6.45, 7) is 2.52. The first-order chi connectivity index (χ1) is 13.5. The summed E-state index contributed by atoms with van der Waals surface area (Å²) in [7, 11) is 3.13. The van der Waals surface area contributed by atoms with Gasteiger partial charge in [0.1, 0.15) is 17.1 Å². The number of likely N-dealkylation sites (tertiary alicyclic amines) is 1. The van der Waals surface area contributed by atoms with E-state index in [9.17, 15) is 9.59 Å². The molecule has 0 aromatic heterocycles. The molecule has 1 N–H and O–H groups in total. The lowest BCUT2D eigenvalue weighted by Gasteiger charge is -2.47. The van der Waals surface area contributed by atoms with Crippen molar-refractivity contribution < 1.29 is 23.8 Å². The number of amides is 2. The summed E-state index contributed by atoms with van der Waals surface area (Å²) < 4.78 is 16.5. The van der Waals surface area contributed by atoms with E-state index in [-0.39, 0.29) is 23.3 Å². The van der Waals surface area contributed by atoms with Crippen molar-refractivity contribution in [1.82, 2.24) is 10.2 Å². The maximum Gasteiger partial charge on any atom is 0.254 e. The number of hydrogen-bond donors (Lipinski definition) is 1. The number of rotatable bonds is 7. The third kappa shape index (κ3) is 4.09. The Kier molecular flexibility index (Phi) is 5.19. The van der Waals surface area contributed by atoms with Crippen LogP contribution in [-0.2, 0) is 9.53 Å². The van der Waals surface area contributed by atoms with Crippen LogP contribution in [0.2, 0.25) is 0 Å². The van der Waals surface area contributed by atoms with Gasteiger partial charge in [-0.2, -0.15) is 0 Å². The van der Waals surface area contributed by atoms with Crippen molar-refractivity contribution in [3.05, 3.63) is 23.8 Å². The monoisotopic (exact) mass is 388 g/mol. The minimum atomic E-state index is -0.292. The Hall–Kier alpha value is -2.28. The fourth-order valence-electron chi connectivity index (χ4n) is 4.11. The standard InChI is InChI=1S/C21H28N2O5/c1-26-17-6-16(7-18(8-17)27-2)20(25)23-12-21(13-23)9-15(11-28-21)5-19(24)22-10-14-3-4-14/h6-8,14-15H,3-5,9-13H2,1-2H3,(H,22,24). The number of ether oxygens (including phenoxy) is 3. The highest BCUT2D eigenvalue weighted by atomic mass is 16.5. The minimum Gasteiger partial charge on any atom is -0.497 e. The molecule has 1 aliphatic carbocycles. The highest BCUT2D eigenvalue weighted by molar-refractivity contribution is 5.95. The summed E-state index contributed by atoms with van der Waals surface area (Å²) in [4.78, 5) is 26.7. The number of nitrogens with one attached hydrogen (secondary N) is 1. The molecule has 7 nitrogen and oxygen atoms in total. The Morgan fingerprint density at radius 3 is 2.43 bits per heavy atom. The van der Waals surface area contributed by atoms with Crippen LogP contribution in [0, 0.1) is 11.8 Å². The summed E-state index contributed by atoms with van der Waals surface area (Å²) in [6, 6.07) is 5.18. The molecule has 0 radical (unpaired) electrons. The van der Waals surface area contributed by atoms with Crippen LogP contribution in [0.4, 0.5) is 0 Å². The number of methoxy groups -OCH3 is 2. The molecule has 7 heteroatoms. The molecule has 1 saturated carbocycles. The molecule has 1 aromatic carbocycles. The van der Waals surface area contributed by atoms with Gasteiger partial charge in [-0.3, -0.25) is 9.59 Å². The van der Waals surface area contributed by atoms with E-state index in [4.69, 9.17) is 14.2 Å². The Bertz CT molecular complexity index is 733. The fraction of sp³-hybridized carbons (Fsp3) is 0.619. The average Bonchev–Trinajstić information content (AvgIpc) is 3.42. The minimum absolute atomic E-state index is 0.0583. The van der Waals surface area contributed by atoms with E-state index < -0.39 is 0 Å². The Balaban J connectivity index is 1.29. The first-order valence-corrected chi connectivity index (χ1v) is 9.93. The summed E-state index contributed by atoms with van der Waals surface area (Å²) in [5.74, 6) is 2.16. The third-order valence-electron chi connectivity index (χ3n) is 5.89. The molecule has 1 spiro atoms. The maximum absolute atomic E-state index is 12.8. The normalized spacial score (nSPS) is 22.6. The molecule has 3 aliphatic rings. The zero-order chi connectivity index (χ0) is 19.7. The molecule has 1 unspecified atom stereocenters. The van der Waals surface area contributed by atoms with Gasteiger partial charge in [0.05, 0.1) is 33.9 Å². The van der Waals surface area contributed by atoms with E-state index >= 15 is 0 Å². The molecule has 1 atom stereocenters. The van der Waals surface area contributed by atoms with Crippen LogP contribution in [0.1, 0.15) is 36.0 Å². The Morgan fingerprint density at radius 1 is 1.14 bits per heavy atom. The first kappa shape index (κ1) is 19.1. The van der Waals surface area contributed by atoms with Gasteiger partial charge in [0.15, 0.2) is 0 Å². The number of carbonyl (C=O) groups is 2. The van der Waals surface area contributed by atoms with Gasteiger partial charge in [0, 0.05) is 24.6 Å². The summed E-state index contributed by atoms with van der Waals surface area (Å²) in [6.07, 6.45) is 3.81. The highest BCUT2D eigenvalue weighted by Crippen LogP contribution is 2.40. The summed E-state index contributed by atoms with van der Waals surface area (Å²) in [5.41, 5.74) is 0.250. The van der Waals surface area contributed by atoms with Crippen LogP contribution in [0.25, 0.3) is 0 Å². The second kappa shape index (κ2) is 7.62. The molecule has 152 valence electrons. The van der Waals surface area contributed by atoms with Gasteiger partial charge < -0.3 is 24.4 Å². The fourth-order valence-corrected chi connectivity index (χ4v) is 4.11. The van der Waals surface area contributed by atoms with Crippen molar-refractivity contribution >= 4 is 11.8 Å². The van der Waals surface area contributed by atoms with E-state index in [1.165, 1.54) is 12.8 Å².